The van der Waals surface area contributed by atoms with E-state index in [1.54, 1.807) is 0 Å². The quantitative estimate of drug-likeness (QED) is 0.918. The number of hydrogen-bond acceptors (Lipinski definition) is 3. The summed E-state index contributed by atoms with van der Waals surface area (Å²) >= 11 is 0. The van der Waals surface area contributed by atoms with Gasteiger partial charge in [-0.25, -0.2) is 0 Å². The molecule has 1 aromatic carbocycles. The fraction of sp³-hybridized carbons (Fsp3) is 0.533. The molecule has 1 fully saturated rings. The van der Waals surface area contributed by atoms with Crippen molar-refractivity contribution in [2.75, 3.05) is 25.0 Å². The highest BCUT2D eigenvalue weighted by atomic mass is 15.2. The van der Waals surface area contributed by atoms with Crippen molar-refractivity contribution in [3.63, 3.8) is 0 Å². The normalized spacial score (nSPS) is 18.0. The van der Waals surface area contributed by atoms with Crippen molar-refractivity contribution < 1.29 is 0 Å². The van der Waals surface area contributed by atoms with Crippen LogP contribution in [0.15, 0.2) is 24.4 Å². The lowest BCUT2D eigenvalue weighted by atomic mass is 10.0. The molecule has 0 saturated carbocycles. The molecule has 3 rings (SSSR count). The maximum Gasteiger partial charge on any atom is 0.0680 e. The predicted molar refractivity (Wildman–Crippen MR) is 79.5 cm³/mol. The summed E-state index contributed by atoms with van der Waals surface area (Å²) < 4.78 is 1.92. The Hall–Kier alpha value is -1.55. The number of rotatable bonds is 3. The monoisotopic (exact) mass is 258 g/mol. The molecule has 0 aliphatic carbocycles. The molecule has 1 N–H and O–H groups in total. The van der Waals surface area contributed by atoms with E-state index in [0.29, 0.717) is 6.04 Å². The molecular weight excluding hydrogens is 236 g/mol. The zero-order valence-corrected chi connectivity index (χ0v) is 11.8. The van der Waals surface area contributed by atoms with Crippen LogP contribution < -0.4 is 5.32 Å². The van der Waals surface area contributed by atoms with Gasteiger partial charge >= 0.3 is 0 Å². The second-order valence-electron chi connectivity index (χ2n) is 5.39. The number of piperidine rings is 1. The Kier molecular flexibility index (Phi) is 3.42. The van der Waals surface area contributed by atoms with Crippen molar-refractivity contribution in [2.45, 2.75) is 25.8 Å². The van der Waals surface area contributed by atoms with Crippen LogP contribution >= 0.6 is 0 Å². The van der Waals surface area contributed by atoms with Gasteiger partial charge in [-0.3, -0.25) is 4.68 Å². The van der Waals surface area contributed by atoms with Crippen LogP contribution in [0.25, 0.3) is 10.9 Å². The minimum atomic E-state index is 0.608. The molecule has 0 radical (unpaired) electrons. The summed E-state index contributed by atoms with van der Waals surface area (Å²) in [6.07, 6.45) is 4.40. The first kappa shape index (κ1) is 12.5. The molecule has 0 unspecified atom stereocenters. The van der Waals surface area contributed by atoms with Crippen LogP contribution in [0.4, 0.5) is 5.69 Å². The van der Waals surface area contributed by atoms with E-state index in [1.165, 1.54) is 49.1 Å². The van der Waals surface area contributed by atoms with E-state index in [4.69, 9.17) is 0 Å². The Labute approximate surface area is 114 Å². The van der Waals surface area contributed by atoms with E-state index in [1.807, 2.05) is 17.9 Å². The summed E-state index contributed by atoms with van der Waals surface area (Å²) in [4.78, 5) is 2.52. The molecule has 0 amide bonds. The molecule has 1 aliphatic rings. The topological polar surface area (TPSA) is 33.1 Å². The van der Waals surface area contributed by atoms with E-state index in [0.717, 1.165) is 0 Å². The lowest BCUT2D eigenvalue weighted by Gasteiger charge is -2.32. The molecule has 1 aromatic heterocycles. The number of nitrogens with zero attached hydrogens (tertiary/aromatic N) is 3. The van der Waals surface area contributed by atoms with E-state index in [9.17, 15) is 0 Å². The van der Waals surface area contributed by atoms with Gasteiger partial charge in [0.05, 0.1) is 11.7 Å². The second kappa shape index (κ2) is 5.21. The molecule has 2 heterocycles. The van der Waals surface area contributed by atoms with Crippen LogP contribution in [-0.4, -0.2) is 40.4 Å². The molecule has 4 heteroatoms. The number of benzene rings is 1. The summed E-state index contributed by atoms with van der Waals surface area (Å²) in [5.41, 5.74) is 2.40. The van der Waals surface area contributed by atoms with Crippen molar-refractivity contribution in [2.24, 2.45) is 7.05 Å². The van der Waals surface area contributed by atoms with Gasteiger partial charge in [-0.2, -0.15) is 5.10 Å². The van der Waals surface area contributed by atoms with Gasteiger partial charge in [-0.15, -0.1) is 0 Å². The molecule has 1 saturated heterocycles. The van der Waals surface area contributed by atoms with Gasteiger partial charge < -0.3 is 10.2 Å². The predicted octanol–water partition coefficient (Wildman–Crippen LogP) is 2.47. The van der Waals surface area contributed by atoms with Gasteiger partial charge in [0, 0.05) is 37.3 Å². The molecule has 0 bridgehead atoms. The van der Waals surface area contributed by atoms with Gasteiger partial charge in [0.15, 0.2) is 0 Å². The first-order chi connectivity index (χ1) is 9.26. The number of hydrogen-bond donors (Lipinski definition) is 1. The largest absolute Gasteiger partial charge is 0.382 e. The Balaban J connectivity index is 1.68. The van der Waals surface area contributed by atoms with Crippen LogP contribution in [0, 0.1) is 0 Å². The third-order valence-corrected chi connectivity index (χ3v) is 4.15. The van der Waals surface area contributed by atoms with Crippen LogP contribution in [0.1, 0.15) is 19.8 Å². The van der Waals surface area contributed by atoms with Crippen LogP contribution in [0.2, 0.25) is 0 Å². The number of aryl methyl sites for hydroxylation is 1. The highest BCUT2D eigenvalue weighted by Crippen LogP contribution is 2.21. The van der Waals surface area contributed by atoms with Crippen LogP contribution in [0.5, 0.6) is 0 Å². The summed E-state index contributed by atoms with van der Waals surface area (Å²) in [7, 11) is 1.98. The number of nitrogens with one attached hydrogen (secondary N) is 1. The van der Waals surface area contributed by atoms with Gasteiger partial charge in [0.25, 0.3) is 0 Å². The van der Waals surface area contributed by atoms with Crippen molar-refractivity contribution in [3.05, 3.63) is 24.4 Å². The first-order valence-electron chi connectivity index (χ1n) is 7.17. The third-order valence-electron chi connectivity index (χ3n) is 4.15. The number of likely N-dealkylation sites (tertiary alicyclic amines) is 1. The average molecular weight is 258 g/mol. The Morgan fingerprint density at radius 1 is 1.32 bits per heavy atom. The molecule has 4 nitrogen and oxygen atoms in total. The van der Waals surface area contributed by atoms with Gasteiger partial charge in [0.1, 0.15) is 0 Å². The highest BCUT2D eigenvalue weighted by molar-refractivity contribution is 5.82. The molecule has 1 aliphatic heterocycles. The summed E-state index contributed by atoms with van der Waals surface area (Å²) in [5, 5.41) is 9.16. The van der Waals surface area contributed by atoms with Crippen LogP contribution in [0.3, 0.4) is 0 Å². The number of fused-ring (bicyclic) bond motifs is 1. The van der Waals surface area contributed by atoms with Crippen molar-refractivity contribution >= 4 is 16.6 Å². The standard InChI is InChI=1S/C15H22N4/c1-3-19-8-6-13(7-9-19)17-14-4-5-15-12(10-14)11-16-18(15)2/h4-5,10-11,13,17H,3,6-9H2,1-2H3. The van der Waals surface area contributed by atoms with Gasteiger partial charge in [-0.05, 0) is 37.6 Å². The summed E-state index contributed by atoms with van der Waals surface area (Å²) in [5.74, 6) is 0. The highest BCUT2D eigenvalue weighted by Gasteiger charge is 2.17. The SMILES string of the molecule is CCN1CCC(Nc2ccc3c(cnn3C)c2)CC1. The van der Waals surface area contributed by atoms with Crippen molar-refractivity contribution in [1.82, 2.24) is 14.7 Å². The molecule has 0 spiro atoms. The summed E-state index contributed by atoms with van der Waals surface area (Å²) in [6.45, 7) is 5.84. The number of aromatic nitrogens is 2. The van der Waals surface area contributed by atoms with E-state index < -0.39 is 0 Å². The lowest BCUT2D eigenvalue weighted by molar-refractivity contribution is 0.229. The molecule has 19 heavy (non-hydrogen) atoms. The second-order valence-corrected chi connectivity index (χ2v) is 5.39. The van der Waals surface area contributed by atoms with Crippen LogP contribution in [-0.2, 0) is 7.05 Å². The lowest BCUT2D eigenvalue weighted by Crippen LogP contribution is -2.38. The van der Waals surface area contributed by atoms with Gasteiger partial charge in [-0.1, -0.05) is 6.92 Å². The Bertz CT molecular complexity index is 552. The molecular formula is C15H22N4. The molecule has 0 atom stereocenters. The maximum atomic E-state index is 4.29. The average Bonchev–Trinajstić information content (AvgIpc) is 2.81. The van der Waals surface area contributed by atoms with Crippen molar-refractivity contribution in [1.29, 1.82) is 0 Å². The minimum Gasteiger partial charge on any atom is -0.382 e. The fourth-order valence-electron chi connectivity index (χ4n) is 2.88. The van der Waals surface area contributed by atoms with E-state index in [-0.39, 0.29) is 0 Å². The zero-order chi connectivity index (χ0) is 13.2. The van der Waals surface area contributed by atoms with E-state index in [2.05, 4.69) is 40.4 Å². The fourth-order valence-corrected chi connectivity index (χ4v) is 2.88. The zero-order valence-electron chi connectivity index (χ0n) is 11.8. The minimum absolute atomic E-state index is 0.608. The Morgan fingerprint density at radius 3 is 2.84 bits per heavy atom. The van der Waals surface area contributed by atoms with Gasteiger partial charge in [0.2, 0.25) is 0 Å². The first-order valence-corrected chi connectivity index (χ1v) is 7.17. The number of anilines is 1. The molecule has 102 valence electrons. The van der Waals surface area contributed by atoms with Crippen molar-refractivity contribution in [3.8, 4) is 0 Å². The molecule has 2 aromatic rings. The Morgan fingerprint density at radius 2 is 2.11 bits per heavy atom. The van der Waals surface area contributed by atoms with E-state index >= 15 is 0 Å². The maximum absolute atomic E-state index is 4.29. The third kappa shape index (κ3) is 2.59. The summed E-state index contributed by atoms with van der Waals surface area (Å²) in [6, 6.07) is 7.12. The smallest absolute Gasteiger partial charge is 0.0680 e.